The molecule has 1 fully saturated rings. The summed E-state index contributed by atoms with van der Waals surface area (Å²) in [4.78, 5) is 3.98. The van der Waals surface area contributed by atoms with E-state index < -0.39 is 10.0 Å². The maximum absolute atomic E-state index is 11.9. The second-order valence-electron chi connectivity index (χ2n) is 4.65. The van der Waals surface area contributed by atoms with Gasteiger partial charge in [-0.3, -0.25) is 4.68 Å². The Kier molecular flexibility index (Phi) is 4.31. The van der Waals surface area contributed by atoms with E-state index in [4.69, 9.17) is 0 Å². The first-order valence-electron chi connectivity index (χ1n) is 6.08. The van der Waals surface area contributed by atoms with Crippen molar-refractivity contribution in [1.29, 1.82) is 0 Å². The summed E-state index contributed by atoms with van der Waals surface area (Å²) in [5, 5.41) is 7.24. The summed E-state index contributed by atoms with van der Waals surface area (Å²) < 4.78 is 27.8. The monoisotopic (exact) mass is 273 g/mol. The number of nitrogens with zero attached hydrogens (tertiary/aromatic N) is 3. The number of sulfonamides is 1. The number of hydrogen-bond acceptors (Lipinski definition) is 5. The molecule has 1 aliphatic heterocycles. The molecule has 1 saturated heterocycles. The first-order valence-corrected chi connectivity index (χ1v) is 7.73. The van der Waals surface area contributed by atoms with E-state index in [9.17, 15) is 8.42 Å². The fourth-order valence-electron chi connectivity index (χ4n) is 2.07. The van der Waals surface area contributed by atoms with Gasteiger partial charge in [0.1, 0.15) is 6.33 Å². The van der Waals surface area contributed by atoms with E-state index >= 15 is 0 Å². The van der Waals surface area contributed by atoms with Gasteiger partial charge in [0.15, 0.2) is 5.82 Å². The predicted molar refractivity (Wildman–Crippen MR) is 67.2 cm³/mol. The maximum atomic E-state index is 11.9. The average molecular weight is 273 g/mol. The largest absolute Gasteiger partial charge is 0.316 e. The maximum Gasteiger partial charge on any atom is 0.212 e. The van der Waals surface area contributed by atoms with Crippen LogP contribution in [0.5, 0.6) is 0 Å². The Morgan fingerprint density at radius 3 is 3.06 bits per heavy atom. The van der Waals surface area contributed by atoms with Crippen molar-refractivity contribution in [2.24, 2.45) is 13.0 Å². The fourth-order valence-corrected chi connectivity index (χ4v) is 3.45. The molecule has 1 aromatic rings. The Labute approximate surface area is 107 Å². The first kappa shape index (κ1) is 13.4. The molecule has 0 spiro atoms. The quantitative estimate of drug-likeness (QED) is 0.736. The van der Waals surface area contributed by atoms with Crippen LogP contribution in [0, 0.1) is 5.92 Å². The number of aromatic nitrogens is 3. The van der Waals surface area contributed by atoms with Crippen molar-refractivity contribution in [2.75, 3.05) is 18.8 Å². The van der Waals surface area contributed by atoms with Crippen LogP contribution in [0.25, 0.3) is 0 Å². The van der Waals surface area contributed by atoms with E-state index in [0.717, 1.165) is 25.9 Å². The van der Waals surface area contributed by atoms with Gasteiger partial charge < -0.3 is 5.32 Å². The highest BCUT2D eigenvalue weighted by atomic mass is 32.2. The van der Waals surface area contributed by atoms with Crippen LogP contribution in [0.1, 0.15) is 18.7 Å². The summed E-state index contributed by atoms with van der Waals surface area (Å²) >= 11 is 0. The number of piperidine rings is 1. The van der Waals surface area contributed by atoms with Crippen molar-refractivity contribution in [2.45, 2.75) is 19.4 Å². The van der Waals surface area contributed by atoms with E-state index in [2.05, 4.69) is 20.1 Å². The molecule has 1 aliphatic rings. The van der Waals surface area contributed by atoms with E-state index in [1.165, 1.54) is 0 Å². The summed E-state index contributed by atoms with van der Waals surface area (Å²) in [6, 6.07) is 0. The van der Waals surface area contributed by atoms with Crippen LogP contribution in [0.2, 0.25) is 0 Å². The number of hydrogen-bond donors (Lipinski definition) is 2. The Balaban J connectivity index is 1.83. The van der Waals surface area contributed by atoms with Gasteiger partial charge in [0.05, 0.1) is 12.3 Å². The fraction of sp³-hybridized carbons (Fsp3) is 0.800. The number of aryl methyl sites for hydroxylation is 1. The molecule has 0 aromatic carbocycles. The van der Waals surface area contributed by atoms with E-state index in [1.807, 2.05) is 0 Å². The molecule has 0 amide bonds. The zero-order valence-electron chi connectivity index (χ0n) is 10.5. The topological polar surface area (TPSA) is 88.9 Å². The summed E-state index contributed by atoms with van der Waals surface area (Å²) in [6.45, 7) is 1.92. The standard InChI is InChI=1S/C10H19N5O2S/c1-15-8-12-10(14-15)6-13-18(16,17)7-9-3-2-4-11-5-9/h8-9,11,13H,2-7H2,1H3. The van der Waals surface area contributed by atoms with Gasteiger partial charge in [0.25, 0.3) is 0 Å². The summed E-state index contributed by atoms with van der Waals surface area (Å²) in [5.41, 5.74) is 0. The highest BCUT2D eigenvalue weighted by Gasteiger charge is 2.21. The summed E-state index contributed by atoms with van der Waals surface area (Å²) in [5.74, 6) is 0.864. The Bertz CT molecular complexity index is 478. The molecule has 1 atom stereocenters. The SMILES string of the molecule is Cn1cnc(CNS(=O)(=O)CC2CCCNC2)n1. The van der Waals surface area contributed by atoms with Crippen molar-refractivity contribution in [3.05, 3.63) is 12.2 Å². The highest BCUT2D eigenvalue weighted by molar-refractivity contribution is 7.89. The minimum absolute atomic E-state index is 0.156. The van der Waals surface area contributed by atoms with Crippen molar-refractivity contribution in [3.8, 4) is 0 Å². The van der Waals surface area contributed by atoms with Crippen LogP contribution in [0.3, 0.4) is 0 Å². The summed E-state index contributed by atoms with van der Waals surface area (Å²) in [7, 11) is -1.50. The third-order valence-corrected chi connectivity index (χ3v) is 4.45. The zero-order valence-corrected chi connectivity index (χ0v) is 11.3. The molecular weight excluding hydrogens is 254 g/mol. The minimum atomic E-state index is -3.25. The van der Waals surface area contributed by atoms with Gasteiger partial charge in [-0.25, -0.2) is 18.1 Å². The molecule has 1 aromatic heterocycles. The predicted octanol–water partition coefficient (Wildman–Crippen LogP) is -0.766. The lowest BCUT2D eigenvalue weighted by atomic mass is 10.0. The molecule has 0 saturated carbocycles. The number of rotatable bonds is 5. The number of nitrogens with one attached hydrogen (secondary N) is 2. The molecule has 0 radical (unpaired) electrons. The molecule has 2 N–H and O–H groups in total. The average Bonchev–Trinajstić information content (AvgIpc) is 2.74. The third-order valence-electron chi connectivity index (χ3n) is 2.95. The molecule has 7 nitrogen and oxygen atoms in total. The lowest BCUT2D eigenvalue weighted by Gasteiger charge is -2.22. The Morgan fingerprint density at radius 2 is 2.44 bits per heavy atom. The second-order valence-corrected chi connectivity index (χ2v) is 6.50. The molecular formula is C10H19N5O2S. The van der Waals surface area contributed by atoms with Gasteiger partial charge in [-0.05, 0) is 31.8 Å². The highest BCUT2D eigenvalue weighted by Crippen LogP contribution is 2.11. The van der Waals surface area contributed by atoms with Crippen LogP contribution in [-0.2, 0) is 23.6 Å². The third kappa shape index (κ3) is 4.04. The second kappa shape index (κ2) is 5.77. The molecule has 8 heteroatoms. The Morgan fingerprint density at radius 1 is 1.61 bits per heavy atom. The van der Waals surface area contributed by atoms with Gasteiger partial charge in [0, 0.05) is 7.05 Å². The van der Waals surface area contributed by atoms with Gasteiger partial charge >= 0.3 is 0 Å². The van der Waals surface area contributed by atoms with Crippen LogP contribution < -0.4 is 10.0 Å². The van der Waals surface area contributed by atoms with Crippen molar-refractivity contribution in [1.82, 2.24) is 24.8 Å². The molecule has 0 bridgehead atoms. The van der Waals surface area contributed by atoms with E-state index in [-0.39, 0.29) is 18.2 Å². The first-order chi connectivity index (χ1) is 8.55. The molecule has 0 aliphatic carbocycles. The van der Waals surface area contributed by atoms with E-state index in [1.54, 1.807) is 18.1 Å². The molecule has 2 heterocycles. The van der Waals surface area contributed by atoms with Crippen LogP contribution in [-0.4, -0.2) is 42.0 Å². The van der Waals surface area contributed by atoms with Crippen molar-refractivity contribution in [3.63, 3.8) is 0 Å². The smallest absolute Gasteiger partial charge is 0.212 e. The summed E-state index contributed by atoms with van der Waals surface area (Å²) in [6.07, 6.45) is 3.56. The van der Waals surface area contributed by atoms with E-state index in [0.29, 0.717) is 5.82 Å². The van der Waals surface area contributed by atoms with Crippen molar-refractivity contribution >= 4 is 10.0 Å². The van der Waals surface area contributed by atoms with Crippen LogP contribution in [0.4, 0.5) is 0 Å². The van der Waals surface area contributed by atoms with Gasteiger partial charge in [0.2, 0.25) is 10.0 Å². The normalized spacial score (nSPS) is 21.1. The lowest BCUT2D eigenvalue weighted by molar-refractivity contribution is 0.402. The lowest BCUT2D eigenvalue weighted by Crippen LogP contribution is -2.37. The molecule has 2 rings (SSSR count). The molecule has 18 heavy (non-hydrogen) atoms. The van der Waals surface area contributed by atoms with Gasteiger partial charge in [-0.15, -0.1) is 0 Å². The zero-order chi connectivity index (χ0) is 13.0. The van der Waals surface area contributed by atoms with Gasteiger partial charge in [-0.1, -0.05) is 0 Å². The Hall–Kier alpha value is -0.990. The van der Waals surface area contributed by atoms with Crippen LogP contribution in [0.15, 0.2) is 6.33 Å². The molecule has 102 valence electrons. The van der Waals surface area contributed by atoms with Crippen molar-refractivity contribution < 1.29 is 8.42 Å². The molecule has 1 unspecified atom stereocenters. The van der Waals surface area contributed by atoms with Gasteiger partial charge in [-0.2, -0.15) is 5.10 Å². The minimum Gasteiger partial charge on any atom is -0.316 e. The van der Waals surface area contributed by atoms with Crippen LogP contribution >= 0.6 is 0 Å².